The molecule has 1 aliphatic heterocycles. The van der Waals surface area contributed by atoms with Gasteiger partial charge in [0.2, 0.25) is 5.91 Å². The molecule has 1 atom stereocenters. The van der Waals surface area contributed by atoms with Crippen LogP contribution in [0, 0.1) is 0 Å². The van der Waals surface area contributed by atoms with Gasteiger partial charge in [-0.2, -0.15) is 0 Å². The number of hydrogen-bond donors (Lipinski definition) is 1. The fourth-order valence-electron chi connectivity index (χ4n) is 1.85. The molecule has 0 aliphatic carbocycles. The Bertz CT molecular complexity index is 352. The number of carbonyl (C=O) groups is 1. The summed E-state index contributed by atoms with van der Waals surface area (Å²) in [5.74, 6) is 0.0555. The van der Waals surface area contributed by atoms with Crippen LogP contribution in [0.2, 0.25) is 0 Å². The number of morpholine rings is 1. The summed E-state index contributed by atoms with van der Waals surface area (Å²) in [6, 6.07) is 0. The maximum Gasteiger partial charge on any atom is 0.244 e. The molecule has 0 radical (unpaired) electrons. The number of rotatable bonds is 4. The largest absolute Gasteiger partial charge is 0.373 e. The van der Waals surface area contributed by atoms with Crippen molar-refractivity contribution in [2.45, 2.75) is 12.6 Å². The van der Waals surface area contributed by atoms with E-state index in [1.807, 2.05) is 11.9 Å². The number of ether oxygens (including phenoxy) is 1. The van der Waals surface area contributed by atoms with E-state index >= 15 is 0 Å². The van der Waals surface area contributed by atoms with Gasteiger partial charge in [0, 0.05) is 25.8 Å². The summed E-state index contributed by atoms with van der Waals surface area (Å²) < 4.78 is 7.08. The maximum absolute atomic E-state index is 12.0. The summed E-state index contributed by atoms with van der Waals surface area (Å²) in [6.07, 6.45) is 3.33. The average Bonchev–Trinajstić information content (AvgIpc) is 2.83. The molecule has 1 fully saturated rings. The first-order valence-electron chi connectivity index (χ1n) is 5.67. The van der Waals surface area contributed by atoms with Gasteiger partial charge in [-0.15, -0.1) is 5.10 Å². The Morgan fingerprint density at radius 3 is 3.24 bits per heavy atom. The molecule has 7 nitrogen and oxygen atoms in total. The molecule has 2 rings (SSSR count). The average molecular weight is 239 g/mol. The Hall–Kier alpha value is -1.47. The van der Waals surface area contributed by atoms with Crippen LogP contribution >= 0.6 is 0 Å². The summed E-state index contributed by atoms with van der Waals surface area (Å²) >= 11 is 0. The number of amides is 1. The highest BCUT2D eigenvalue weighted by molar-refractivity contribution is 5.76. The maximum atomic E-state index is 12.0. The predicted molar refractivity (Wildman–Crippen MR) is 60.3 cm³/mol. The van der Waals surface area contributed by atoms with Gasteiger partial charge in [0.1, 0.15) is 6.54 Å². The van der Waals surface area contributed by atoms with Crippen molar-refractivity contribution >= 4 is 5.91 Å². The van der Waals surface area contributed by atoms with Gasteiger partial charge in [-0.25, -0.2) is 4.68 Å². The monoisotopic (exact) mass is 239 g/mol. The fourth-order valence-corrected chi connectivity index (χ4v) is 1.85. The van der Waals surface area contributed by atoms with E-state index in [0.717, 1.165) is 6.54 Å². The third-order valence-corrected chi connectivity index (χ3v) is 2.69. The molecule has 1 unspecified atom stereocenters. The molecule has 1 aromatic heterocycles. The number of nitrogens with zero attached hydrogens (tertiary/aromatic N) is 4. The molecule has 17 heavy (non-hydrogen) atoms. The van der Waals surface area contributed by atoms with Gasteiger partial charge < -0.3 is 15.0 Å². The number of hydrogen-bond acceptors (Lipinski definition) is 5. The standard InChI is InChI=1S/C10H17N5O2/c1-11-6-9-7-14(4-5-17-9)10(16)8-15-3-2-12-13-15/h2-3,9,11H,4-8H2,1H3. The van der Waals surface area contributed by atoms with Crippen molar-refractivity contribution in [3.63, 3.8) is 0 Å². The second-order valence-electron chi connectivity index (χ2n) is 3.99. The fraction of sp³-hybridized carbons (Fsp3) is 0.700. The molecule has 2 heterocycles. The molecule has 1 amide bonds. The lowest BCUT2D eigenvalue weighted by Crippen LogP contribution is -2.49. The quantitative estimate of drug-likeness (QED) is 0.709. The molecule has 0 bridgehead atoms. The molecule has 7 heteroatoms. The van der Waals surface area contributed by atoms with Crippen LogP contribution in [0.25, 0.3) is 0 Å². The van der Waals surface area contributed by atoms with Gasteiger partial charge in [0.15, 0.2) is 0 Å². The second-order valence-corrected chi connectivity index (χ2v) is 3.99. The number of carbonyl (C=O) groups excluding carboxylic acids is 1. The topological polar surface area (TPSA) is 72.3 Å². The molecule has 1 saturated heterocycles. The van der Waals surface area contributed by atoms with Gasteiger partial charge in [-0.3, -0.25) is 4.79 Å². The minimum atomic E-state index is 0.0555. The van der Waals surface area contributed by atoms with Crippen LogP contribution < -0.4 is 5.32 Å². The van der Waals surface area contributed by atoms with Crippen LogP contribution in [0.4, 0.5) is 0 Å². The van der Waals surface area contributed by atoms with Crippen LogP contribution in [-0.2, 0) is 16.1 Å². The van der Waals surface area contributed by atoms with E-state index in [1.165, 1.54) is 4.68 Å². The second kappa shape index (κ2) is 5.74. The minimum Gasteiger partial charge on any atom is -0.373 e. The first-order valence-corrected chi connectivity index (χ1v) is 5.67. The van der Waals surface area contributed by atoms with Crippen LogP contribution in [0.15, 0.2) is 12.4 Å². The van der Waals surface area contributed by atoms with Gasteiger partial charge in [-0.1, -0.05) is 5.21 Å². The molecule has 94 valence electrons. The van der Waals surface area contributed by atoms with Gasteiger partial charge in [0.05, 0.1) is 18.9 Å². The highest BCUT2D eigenvalue weighted by Crippen LogP contribution is 2.05. The van der Waals surface area contributed by atoms with Gasteiger partial charge in [-0.05, 0) is 7.05 Å². The SMILES string of the molecule is CNCC1CN(C(=O)Cn2ccnn2)CCO1. The minimum absolute atomic E-state index is 0.0555. The summed E-state index contributed by atoms with van der Waals surface area (Å²) in [6.45, 7) is 2.87. The Morgan fingerprint density at radius 2 is 2.53 bits per heavy atom. The van der Waals surface area contributed by atoms with E-state index in [2.05, 4.69) is 15.6 Å². The predicted octanol–water partition coefficient (Wildman–Crippen LogP) is -1.28. The highest BCUT2D eigenvalue weighted by atomic mass is 16.5. The van der Waals surface area contributed by atoms with E-state index in [1.54, 1.807) is 12.4 Å². The van der Waals surface area contributed by atoms with E-state index in [9.17, 15) is 4.79 Å². The molecular weight excluding hydrogens is 222 g/mol. The van der Waals surface area contributed by atoms with Gasteiger partial charge in [0.25, 0.3) is 0 Å². The highest BCUT2D eigenvalue weighted by Gasteiger charge is 2.23. The lowest BCUT2D eigenvalue weighted by molar-refractivity contribution is -0.139. The Labute approximate surface area is 99.7 Å². The third-order valence-electron chi connectivity index (χ3n) is 2.69. The van der Waals surface area contributed by atoms with Crippen molar-refractivity contribution in [3.8, 4) is 0 Å². The zero-order chi connectivity index (χ0) is 12.1. The van der Waals surface area contributed by atoms with Crippen molar-refractivity contribution in [3.05, 3.63) is 12.4 Å². The van der Waals surface area contributed by atoms with Crippen molar-refractivity contribution in [1.29, 1.82) is 0 Å². The third kappa shape index (κ3) is 3.24. The first kappa shape index (κ1) is 12.0. The Morgan fingerprint density at radius 1 is 1.65 bits per heavy atom. The van der Waals surface area contributed by atoms with Crippen LogP contribution in [0.5, 0.6) is 0 Å². The number of aromatic nitrogens is 3. The van der Waals surface area contributed by atoms with Gasteiger partial charge >= 0.3 is 0 Å². The Kier molecular flexibility index (Phi) is 4.05. The first-order chi connectivity index (χ1) is 8.29. The summed E-state index contributed by atoms with van der Waals surface area (Å²) in [4.78, 5) is 13.8. The number of likely N-dealkylation sites (N-methyl/N-ethyl adjacent to an activating group) is 1. The van der Waals surface area contributed by atoms with Crippen molar-refractivity contribution < 1.29 is 9.53 Å². The van der Waals surface area contributed by atoms with E-state index in [0.29, 0.717) is 19.7 Å². The zero-order valence-electron chi connectivity index (χ0n) is 9.87. The molecule has 1 aromatic rings. The van der Waals surface area contributed by atoms with Crippen molar-refractivity contribution in [2.75, 3.05) is 33.3 Å². The zero-order valence-corrected chi connectivity index (χ0v) is 9.87. The summed E-state index contributed by atoms with van der Waals surface area (Å²) in [5.41, 5.74) is 0. The molecule has 0 aromatic carbocycles. The van der Waals surface area contributed by atoms with Crippen LogP contribution in [0.3, 0.4) is 0 Å². The normalized spacial score (nSPS) is 20.5. The Balaban J connectivity index is 1.86. The lowest BCUT2D eigenvalue weighted by Gasteiger charge is -2.32. The van der Waals surface area contributed by atoms with E-state index < -0.39 is 0 Å². The van der Waals surface area contributed by atoms with Crippen molar-refractivity contribution in [1.82, 2.24) is 25.2 Å². The van der Waals surface area contributed by atoms with E-state index in [-0.39, 0.29) is 18.6 Å². The molecule has 1 aliphatic rings. The van der Waals surface area contributed by atoms with Crippen LogP contribution in [0.1, 0.15) is 0 Å². The molecule has 1 N–H and O–H groups in total. The van der Waals surface area contributed by atoms with Crippen molar-refractivity contribution in [2.24, 2.45) is 0 Å². The summed E-state index contributed by atoms with van der Waals surface area (Å²) in [7, 11) is 1.87. The van der Waals surface area contributed by atoms with Crippen LogP contribution in [-0.4, -0.2) is 65.2 Å². The number of nitrogens with one attached hydrogen (secondary N) is 1. The molecule has 0 spiro atoms. The smallest absolute Gasteiger partial charge is 0.244 e. The lowest BCUT2D eigenvalue weighted by atomic mass is 10.2. The molecular formula is C10H17N5O2. The molecule has 0 saturated carbocycles. The van der Waals surface area contributed by atoms with E-state index in [4.69, 9.17) is 4.74 Å². The summed E-state index contributed by atoms with van der Waals surface area (Å²) in [5, 5.41) is 10.5.